The molecule has 0 aliphatic carbocycles. The van der Waals surface area contributed by atoms with Gasteiger partial charge in [0.2, 0.25) is 0 Å². The third-order valence-electron chi connectivity index (χ3n) is 5.25. The number of carbonyl (C=O) groups is 2. The summed E-state index contributed by atoms with van der Waals surface area (Å²) >= 11 is 1.38. The molecule has 0 saturated heterocycles. The molecule has 0 amide bonds. The Labute approximate surface area is 180 Å². The highest BCUT2D eigenvalue weighted by molar-refractivity contribution is 7.13. The molecular weight excluding hydrogens is 402 g/mol. The number of nitrogens with one attached hydrogen (secondary N) is 2. The van der Waals surface area contributed by atoms with E-state index in [-0.39, 0.29) is 13.2 Å². The molecule has 1 aliphatic rings. The van der Waals surface area contributed by atoms with E-state index < -0.39 is 29.4 Å². The van der Waals surface area contributed by atoms with E-state index in [1.54, 1.807) is 20.0 Å². The Morgan fingerprint density at radius 2 is 1.90 bits per heavy atom. The molecule has 8 heteroatoms. The van der Waals surface area contributed by atoms with E-state index in [0.717, 1.165) is 5.56 Å². The Kier molecular flexibility index (Phi) is 6.77. The van der Waals surface area contributed by atoms with Crippen LogP contribution in [0.25, 0.3) is 0 Å². The zero-order valence-corrected chi connectivity index (χ0v) is 18.4. The topological polar surface area (TPSA) is 89.5 Å². The van der Waals surface area contributed by atoms with Gasteiger partial charge in [-0.15, -0.1) is 11.3 Å². The number of nitrogens with zero attached hydrogens (tertiary/aromatic N) is 1. The summed E-state index contributed by atoms with van der Waals surface area (Å²) in [6.45, 7) is 7.71. The molecule has 1 aromatic carbocycles. The summed E-state index contributed by atoms with van der Waals surface area (Å²) in [7, 11) is 0. The number of carbonyl (C=O) groups excluding carboxylic acids is 2. The average molecular weight is 430 g/mol. The van der Waals surface area contributed by atoms with Crippen molar-refractivity contribution >= 4 is 28.4 Å². The number of hydrogen-bond donors (Lipinski definition) is 2. The van der Waals surface area contributed by atoms with Crippen molar-refractivity contribution in [3.63, 3.8) is 0 Å². The summed E-state index contributed by atoms with van der Waals surface area (Å²) < 4.78 is 10.9. The van der Waals surface area contributed by atoms with Gasteiger partial charge in [-0.1, -0.05) is 30.3 Å². The van der Waals surface area contributed by atoms with Gasteiger partial charge in [0.05, 0.1) is 30.7 Å². The Balaban J connectivity index is 2.27. The van der Waals surface area contributed by atoms with E-state index in [1.807, 2.05) is 49.6 Å². The largest absolute Gasteiger partial charge is 0.464 e. The van der Waals surface area contributed by atoms with Crippen LogP contribution in [0.3, 0.4) is 0 Å². The third-order valence-corrected chi connectivity index (χ3v) is 5.94. The summed E-state index contributed by atoms with van der Waals surface area (Å²) in [4.78, 5) is 30.9. The molecule has 7 nitrogen and oxygen atoms in total. The van der Waals surface area contributed by atoms with Gasteiger partial charge in [0.1, 0.15) is 0 Å². The molecule has 0 bridgehead atoms. The van der Waals surface area contributed by atoms with E-state index in [2.05, 4.69) is 15.6 Å². The maximum Gasteiger partial charge on any atom is 0.336 e. The maximum absolute atomic E-state index is 13.6. The first-order valence-corrected chi connectivity index (χ1v) is 10.9. The molecule has 0 spiro atoms. The number of benzene rings is 1. The van der Waals surface area contributed by atoms with Gasteiger partial charge in [-0.05, 0) is 33.3 Å². The molecule has 0 saturated carbocycles. The van der Waals surface area contributed by atoms with Crippen LogP contribution >= 0.6 is 11.3 Å². The zero-order valence-electron chi connectivity index (χ0n) is 17.6. The minimum Gasteiger partial charge on any atom is -0.464 e. The minimum absolute atomic E-state index is 0.214. The first-order valence-electron chi connectivity index (χ1n) is 9.99. The molecule has 1 aromatic heterocycles. The highest BCUT2D eigenvalue weighted by Crippen LogP contribution is 2.45. The van der Waals surface area contributed by atoms with E-state index in [4.69, 9.17) is 9.47 Å². The van der Waals surface area contributed by atoms with Crippen LogP contribution in [-0.4, -0.2) is 41.7 Å². The summed E-state index contributed by atoms with van der Waals surface area (Å²) in [5.41, 5.74) is 0.580. The summed E-state index contributed by atoms with van der Waals surface area (Å²) in [5.74, 6) is -1.56. The second-order valence-electron chi connectivity index (χ2n) is 7.02. The maximum atomic E-state index is 13.6. The van der Waals surface area contributed by atoms with Crippen LogP contribution < -0.4 is 10.6 Å². The van der Waals surface area contributed by atoms with E-state index in [9.17, 15) is 9.59 Å². The zero-order chi connectivity index (χ0) is 21.7. The molecule has 0 radical (unpaired) electrons. The molecule has 0 fully saturated rings. The van der Waals surface area contributed by atoms with Crippen molar-refractivity contribution in [2.45, 2.75) is 45.2 Å². The van der Waals surface area contributed by atoms with Crippen molar-refractivity contribution in [3.05, 3.63) is 58.7 Å². The number of ether oxygens (including phenoxy) is 2. The molecule has 3 atom stereocenters. The van der Waals surface area contributed by atoms with Crippen LogP contribution in [0.2, 0.25) is 0 Å². The summed E-state index contributed by atoms with van der Waals surface area (Å²) in [5, 5.41) is 9.03. The lowest BCUT2D eigenvalue weighted by molar-refractivity contribution is -0.151. The smallest absolute Gasteiger partial charge is 0.336 e. The van der Waals surface area contributed by atoms with Gasteiger partial charge in [0.25, 0.3) is 0 Å². The van der Waals surface area contributed by atoms with E-state index in [1.165, 1.54) is 11.3 Å². The van der Waals surface area contributed by atoms with E-state index in [0.29, 0.717) is 16.4 Å². The van der Waals surface area contributed by atoms with Crippen molar-refractivity contribution in [1.82, 2.24) is 10.3 Å². The lowest BCUT2D eigenvalue weighted by atomic mass is 9.68. The second kappa shape index (κ2) is 9.30. The van der Waals surface area contributed by atoms with Gasteiger partial charge in [0.15, 0.2) is 10.7 Å². The monoisotopic (exact) mass is 429 g/mol. The number of anilines is 1. The van der Waals surface area contributed by atoms with Crippen LogP contribution in [0.1, 0.15) is 39.2 Å². The van der Waals surface area contributed by atoms with Crippen molar-refractivity contribution in [2.24, 2.45) is 0 Å². The number of allylic oxidation sites excluding steroid dienone is 1. The van der Waals surface area contributed by atoms with Crippen LogP contribution in [0.5, 0.6) is 0 Å². The fourth-order valence-corrected chi connectivity index (χ4v) is 4.60. The minimum atomic E-state index is -1.31. The van der Waals surface area contributed by atoms with Crippen LogP contribution in [0.15, 0.2) is 53.2 Å². The predicted molar refractivity (Wildman–Crippen MR) is 116 cm³/mol. The quantitative estimate of drug-likeness (QED) is 0.652. The molecule has 30 heavy (non-hydrogen) atoms. The van der Waals surface area contributed by atoms with Gasteiger partial charge in [-0.25, -0.2) is 14.6 Å². The Hall–Kier alpha value is -2.87. The van der Waals surface area contributed by atoms with Crippen molar-refractivity contribution in [3.8, 4) is 0 Å². The standard InChI is InChI=1S/C22H27N3O4S/c1-5-28-19(26)17-14(3)24-15(4)22(20(27)29-6-2,25-21-23-12-13-30-21)18(17)16-10-8-7-9-11-16/h7-13,15,18,24H,5-6H2,1-4H3,(H,23,25). The predicted octanol–water partition coefficient (Wildman–Crippen LogP) is 3.47. The lowest BCUT2D eigenvalue weighted by Crippen LogP contribution is -2.66. The van der Waals surface area contributed by atoms with Gasteiger partial charge >= 0.3 is 11.9 Å². The van der Waals surface area contributed by atoms with Gasteiger partial charge < -0.3 is 20.1 Å². The molecule has 2 N–H and O–H groups in total. The number of rotatable bonds is 7. The molecule has 3 unspecified atom stereocenters. The lowest BCUT2D eigenvalue weighted by Gasteiger charge is -2.48. The normalized spacial score (nSPS) is 23.5. The molecule has 1 aliphatic heterocycles. The molecule has 3 rings (SSSR count). The molecule has 2 heterocycles. The fraction of sp³-hybridized carbons (Fsp3) is 0.409. The number of aromatic nitrogens is 1. The Morgan fingerprint density at radius 1 is 1.20 bits per heavy atom. The highest BCUT2D eigenvalue weighted by Gasteiger charge is 2.58. The fourth-order valence-electron chi connectivity index (χ4n) is 4.00. The van der Waals surface area contributed by atoms with Crippen molar-refractivity contribution in [1.29, 1.82) is 0 Å². The summed E-state index contributed by atoms with van der Waals surface area (Å²) in [6, 6.07) is 9.09. The SMILES string of the molecule is CCOC(=O)C1=C(C)NC(C)C(Nc2nccs2)(C(=O)OCC)C1c1ccccc1. The van der Waals surface area contributed by atoms with Crippen LogP contribution in [0.4, 0.5) is 5.13 Å². The number of thiazole rings is 1. The van der Waals surface area contributed by atoms with Gasteiger partial charge in [0, 0.05) is 17.3 Å². The first-order chi connectivity index (χ1) is 14.5. The van der Waals surface area contributed by atoms with Crippen molar-refractivity contribution < 1.29 is 19.1 Å². The van der Waals surface area contributed by atoms with Crippen LogP contribution in [-0.2, 0) is 19.1 Å². The van der Waals surface area contributed by atoms with Gasteiger partial charge in [-0.2, -0.15) is 0 Å². The third kappa shape index (κ3) is 3.92. The van der Waals surface area contributed by atoms with Crippen molar-refractivity contribution in [2.75, 3.05) is 18.5 Å². The van der Waals surface area contributed by atoms with Gasteiger partial charge in [-0.3, -0.25) is 0 Å². The van der Waals surface area contributed by atoms with Crippen LogP contribution in [0, 0.1) is 0 Å². The summed E-state index contributed by atoms with van der Waals surface area (Å²) in [6.07, 6.45) is 1.66. The number of esters is 2. The van der Waals surface area contributed by atoms with E-state index >= 15 is 0 Å². The Morgan fingerprint density at radius 3 is 2.50 bits per heavy atom. The highest BCUT2D eigenvalue weighted by atomic mass is 32.1. The molecule has 160 valence electrons. The average Bonchev–Trinajstić information content (AvgIpc) is 3.23. The Bertz CT molecular complexity index is 914. The first kappa shape index (κ1) is 21.8. The number of hydrogen-bond acceptors (Lipinski definition) is 8. The molecule has 2 aromatic rings. The molecular formula is C22H27N3O4S. The second-order valence-corrected chi connectivity index (χ2v) is 7.92.